The quantitative estimate of drug-likeness (QED) is 0.208. The maximum atomic E-state index is 14.6. The predicted molar refractivity (Wildman–Crippen MR) is 160 cm³/mol. The average Bonchev–Trinajstić information content (AvgIpc) is 2.97. The molecule has 0 radical (unpaired) electrons. The molecule has 5 rings (SSSR count). The number of rotatable bonds is 10. The molecule has 0 aliphatic carbocycles. The van der Waals surface area contributed by atoms with E-state index in [9.17, 15) is 9.18 Å². The van der Waals surface area contributed by atoms with Crippen molar-refractivity contribution < 1.29 is 13.9 Å². The van der Waals surface area contributed by atoms with Crippen LogP contribution in [0.5, 0.6) is 5.75 Å². The second-order valence-electron chi connectivity index (χ2n) is 10.2. The summed E-state index contributed by atoms with van der Waals surface area (Å²) in [5, 5.41) is 6.82. The summed E-state index contributed by atoms with van der Waals surface area (Å²) in [6.45, 7) is 11.1. The van der Waals surface area contributed by atoms with Gasteiger partial charge < -0.3 is 25.2 Å². The lowest BCUT2D eigenvalue weighted by Crippen LogP contribution is -2.44. The molecule has 2 aromatic carbocycles. The van der Waals surface area contributed by atoms with Crippen molar-refractivity contribution in [1.82, 2.24) is 24.8 Å². The number of benzene rings is 2. The number of likely N-dealkylation sites (N-methyl/N-ethyl adjacent to an activating group) is 1. The minimum absolute atomic E-state index is 0.333. The van der Waals surface area contributed by atoms with E-state index in [1.54, 1.807) is 36.5 Å². The first-order chi connectivity index (χ1) is 19.9. The fraction of sp³-hybridized carbons (Fsp3) is 0.290. The van der Waals surface area contributed by atoms with E-state index in [0.717, 1.165) is 44.7 Å². The van der Waals surface area contributed by atoms with Crippen LogP contribution in [0.1, 0.15) is 12.0 Å². The van der Waals surface area contributed by atoms with Crippen molar-refractivity contribution >= 4 is 34.0 Å². The molecule has 41 heavy (non-hydrogen) atoms. The number of carbonyl (C=O) groups is 1. The highest BCUT2D eigenvalue weighted by atomic mass is 19.1. The normalized spacial score (nSPS) is 14.1. The molecular weight excluding hydrogens is 521 g/mol. The lowest BCUT2D eigenvalue weighted by Gasteiger charge is -2.32. The van der Waals surface area contributed by atoms with E-state index in [1.165, 1.54) is 18.5 Å². The molecule has 0 atom stereocenters. The van der Waals surface area contributed by atoms with Crippen LogP contribution in [0, 0.1) is 12.7 Å². The summed E-state index contributed by atoms with van der Waals surface area (Å²) in [5.74, 6) is 0.363. The Morgan fingerprint density at radius 3 is 2.71 bits per heavy atom. The van der Waals surface area contributed by atoms with Crippen molar-refractivity contribution in [2.24, 2.45) is 0 Å². The molecule has 4 aromatic rings. The van der Waals surface area contributed by atoms with Gasteiger partial charge in [0.2, 0.25) is 5.91 Å². The molecule has 2 N–H and O–H groups in total. The standard InChI is InChI=1S/C31H34FN7O2/c1-4-30(40)37-28-18-24-27(19-29(28)41-15-5-10-39-13-11-38(3)12-14-39)34-20-35-31(24)36-22-8-9-33-26(17-22)23-7-6-21(2)16-25(23)32/h4,6-9,16-20H,1,5,10-15H2,2-3H3,(H,37,40)(H,33,34,35,36). The lowest BCUT2D eigenvalue weighted by molar-refractivity contribution is -0.111. The van der Waals surface area contributed by atoms with Gasteiger partial charge >= 0.3 is 0 Å². The highest BCUT2D eigenvalue weighted by Gasteiger charge is 2.16. The van der Waals surface area contributed by atoms with Crippen molar-refractivity contribution in [3.8, 4) is 17.0 Å². The molecule has 2 aromatic heterocycles. The molecular formula is C31H34FN7O2. The number of amides is 1. The second-order valence-corrected chi connectivity index (χ2v) is 10.2. The largest absolute Gasteiger partial charge is 0.491 e. The first kappa shape index (κ1) is 28.1. The number of ether oxygens (including phenoxy) is 1. The predicted octanol–water partition coefficient (Wildman–Crippen LogP) is 5.02. The van der Waals surface area contributed by atoms with Crippen LogP contribution in [0.15, 0.2) is 67.6 Å². The number of hydrogen-bond donors (Lipinski definition) is 2. The highest BCUT2D eigenvalue weighted by Crippen LogP contribution is 2.34. The fourth-order valence-electron chi connectivity index (χ4n) is 4.75. The van der Waals surface area contributed by atoms with Gasteiger partial charge in [0.15, 0.2) is 0 Å². The van der Waals surface area contributed by atoms with Gasteiger partial charge in [-0.1, -0.05) is 12.6 Å². The zero-order valence-electron chi connectivity index (χ0n) is 23.4. The van der Waals surface area contributed by atoms with Gasteiger partial charge in [-0.15, -0.1) is 0 Å². The van der Waals surface area contributed by atoms with Gasteiger partial charge in [0, 0.05) is 61.6 Å². The second kappa shape index (κ2) is 12.8. The molecule has 1 aliphatic rings. The van der Waals surface area contributed by atoms with Gasteiger partial charge in [0.05, 0.1) is 23.5 Å². The van der Waals surface area contributed by atoms with Crippen molar-refractivity contribution in [1.29, 1.82) is 0 Å². The maximum Gasteiger partial charge on any atom is 0.247 e. The molecule has 0 unspecified atom stereocenters. The van der Waals surface area contributed by atoms with Crippen molar-refractivity contribution in [3.63, 3.8) is 0 Å². The number of nitrogens with zero attached hydrogens (tertiary/aromatic N) is 5. The van der Waals surface area contributed by atoms with Crippen molar-refractivity contribution in [3.05, 3.63) is 79.0 Å². The van der Waals surface area contributed by atoms with Gasteiger partial charge in [-0.3, -0.25) is 9.78 Å². The van der Waals surface area contributed by atoms with E-state index in [2.05, 4.69) is 49.0 Å². The van der Waals surface area contributed by atoms with Crippen LogP contribution < -0.4 is 15.4 Å². The molecule has 1 aliphatic heterocycles. The maximum absolute atomic E-state index is 14.6. The zero-order valence-corrected chi connectivity index (χ0v) is 23.4. The number of piperazine rings is 1. The van der Waals surface area contributed by atoms with Gasteiger partial charge in [-0.25, -0.2) is 14.4 Å². The van der Waals surface area contributed by atoms with Crippen LogP contribution in [0.2, 0.25) is 0 Å². The van der Waals surface area contributed by atoms with E-state index in [1.807, 2.05) is 13.0 Å². The Hall–Kier alpha value is -4.41. The summed E-state index contributed by atoms with van der Waals surface area (Å²) in [4.78, 5) is 30.2. The smallest absolute Gasteiger partial charge is 0.247 e. The van der Waals surface area contributed by atoms with E-state index in [4.69, 9.17) is 4.74 Å². The Bertz CT molecular complexity index is 1550. The Balaban J connectivity index is 1.37. The summed E-state index contributed by atoms with van der Waals surface area (Å²) in [6, 6.07) is 12.2. The third kappa shape index (κ3) is 7.03. The average molecular weight is 556 g/mol. The Kier molecular flexibility index (Phi) is 8.81. The lowest BCUT2D eigenvalue weighted by atomic mass is 10.1. The third-order valence-electron chi connectivity index (χ3n) is 7.08. The molecule has 212 valence electrons. The molecule has 0 bridgehead atoms. The van der Waals surface area contributed by atoms with E-state index in [0.29, 0.717) is 51.7 Å². The van der Waals surface area contributed by atoms with E-state index in [-0.39, 0.29) is 11.7 Å². The summed E-state index contributed by atoms with van der Waals surface area (Å²) < 4.78 is 20.7. The fourth-order valence-corrected chi connectivity index (χ4v) is 4.75. The third-order valence-corrected chi connectivity index (χ3v) is 7.08. The van der Waals surface area contributed by atoms with Crippen LogP contribution >= 0.6 is 0 Å². The van der Waals surface area contributed by atoms with Gasteiger partial charge in [0.1, 0.15) is 23.7 Å². The minimum Gasteiger partial charge on any atom is -0.491 e. The van der Waals surface area contributed by atoms with Crippen LogP contribution in [0.4, 0.5) is 21.6 Å². The van der Waals surface area contributed by atoms with E-state index < -0.39 is 0 Å². The topological polar surface area (TPSA) is 95.5 Å². The van der Waals surface area contributed by atoms with E-state index >= 15 is 0 Å². The summed E-state index contributed by atoms with van der Waals surface area (Å²) in [6.07, 6.45) is 5.15. The Labute approximate surface area is 239 Å². The number of aryl methyl sites for hydroxylation is 1. The highest BCUT2D eigenvalue weighted by molar-refractivity contribution is 6.03. The SMILES string of the molecule is C=CC(=O)Nc1cc2c(Nc3ccnc(-c4ccc(C)cc4F)c3)ncnc2cc1OCCCN1CCN(C)CC1. The zero-order chi connectivity index (χ0) is 28.8. The number of anilines is 3. The Morgan fingerprint density at radius 1 is 1.10 bits per heavy atom. The molecule has 10 heteroatoms. The number of aromatic nitrogens is 3. The minimum atomic E-state index is -0.350. The number of pyridine rings is 1. The van der Waals surface area contributed by atoms with Crippen molar-refractivity contribution in [2.75, 3.05) is 57.0 Å². The Morgan fingerprint density at radius 2 is 1.93 bits per heavy atom. The first-order valence-electron chi connectivity index (χ1n) is 13.6. The number of carbonyl (C=O) groups excluding carboxylic acids is 1. The monoisotopic (exact) mass is 555 g/mol. The molecule has 3 heterocycles. The van der Waals surface area contributed by atoms with Crippen molar-refractivity contribution in [2.45, 2.75) is 13.3 Å². The molecule has 0 saturated carbocycles. The number of fused-ring (bicyclic) bond motifs is 1. The van der Waals surface area contributed by atoms with Crippen LogP contribution in [-0.4, -0.2) is 77.0 Å². The summed E-state index contributed by atoms with van der Waals surface area (Å²) >= 11 is 0. The molecule has 0 spiro atoms. The molecule has 1 saturated heterocycles. The van der Waals surface area contributed by atoms with Crippen LogP contribution in [-0.2, 0) is 4.79 Å². The summed E-state index contributed by atoms with van der Waals surface area (Å²) in [7, 11) is 2.14. The van der Waals surface area contributed by atoms with Gasteiger partial charge in [0.25, 0.3) is 0 Å². The molecule has 1 amide bonds. The van der Waals surface area contributed by atoms with Gasteiger partial charge in [-0.05, 0) is 62.4 Å². The first-order valence-corrected chi connectivity index (χ1v) is 13.6. The molecule has 1 fully saturated rings. The number of hydrogen-bond acceptors (Lipinski definition) is 8. The number of nitrogens with one attached hydrogen (secondary N) is 2. The van der Waals surface area contributed by atoms with Gasteiger partial charge in [-0.2, -0.15) is 0 Å². The van der Waals surface area contributed by atoms with Crippen LogP contribution in [0.3, 0.4) is 0 Å². The molecule has 9 nitrogen and oxygen atoms in total. The van der Waals surface area contributed by atoms with Crippen LogP contribution in [0.25, 0.3) is 22.2 Å². The summed E-state index contributed by atoms with van der Waals surface area (Å²) in [5.41, 5.74) is 3.57. The number of halogens is 1.